The molecule has 1 N–H and O–H groups in total. The molecule has 0 aliphatic carbocycles. The first-order valence-electron chi connectivity index (χ1n) is 8.02. The van der Waals surface area contributed by atoms with Crippen molar-refractivity contribution < 1.29 is 19.0 Å². The van der Waals surface area contributed by atoms with Crippen molar-refractivity contribution >= 4 is 17.3 Å². The number of hydrogen-bond acceptors (Lipinski definition) is 5. The number of rotatable bonds is 5. The van der Waals surface area contributed by atoms with E-state index in [9.17, 15) is 4.79 Å². The highest BCUT2D eigenvalue weighted by molar-refractivity contribution is 6.05. The van der Waals surface area contributed by atoms with Crippen molar-refractivity contribution in [3.8, 4) is 17.2 Å². The van der Waals surface area contributed by atoms with Crippen LogP contribution in [0.3, 0.4) is 0 Å². The lowest BCUT2D eigenvalue weighted by Gasteiger charge is -2.15. The molecule has 2 aromatic rings. The summed E-state index contributed by atoms with van der Waals surface area (Å²) in [6.07, 6.45) is 0.986. The number of anilines is 2. The van der Waals surface area contributed by atoms with Crippen LogP contribution in [0.25, 0.3) is 0 Å². The van der Waals surface area contributed by atoms with Gasteiger partial charge in [-0.1, -0.05) is 0 Å². The van der Waals surface area contributed by atoms with Gasteiger partial charge in [0.05, 0.1) is 21.3 Å². The van der Waals surface area contributed by atoms with Crippen molar-refractivity contribution in [2.75, 3.05) is 45.1 Å². The number of fused-ring (bicyclic) bond motifs is 1. The molecule has 1 aliphatic rings. The quantitative estimate of drug-likeness (QED) is 0.905. The molecule has 1 amide bonds. The van der Waals surface area contributed by atoms with E-state index < -0.39 is 0 Å². The smallest absolute Gasteiger partial charge is 0.255 e. The van der Waals surface area contributed by atoms with Crippen LogP contribution in [0.4, 0.5) is 11.4 Å². The summed E-state index contributed by atoms with van der Waals surface area (Å²) in [7, 11) is 6.65. The summed E-state index contributed by atoms with van der Waals surface area (Å²) in [6.45, 7) is 1.000. The van der Waals surface area contributed by atoms with Gasteiger partial charge in [-0.15, -0.1) is 0 Å². The lowest BCUT2D eigenvalue weighted by molar-refractivity contribution is 0.102. The van der Waals surface area contributed by atoms with E-state index in [1.165, 1.54) is 32.6 Å². The Balaban J connectivity index is 1.86. The Morgan fingerprint density at radius 1 is 1.04 bits per heavy atom. The maximum atomic E-state index is 12.6. The van der Waals surface area contributed by atoms with Crippen LogP contribution >= 0.6 is 0 Å². The molecule has 0 saturated carbocycles. The van der Waals surface area contributed by atoms with Gasteiger partial charge in [-0.2, -0.15) is 0 Å². The number of benzene rings is 2. The lowest BCUT2D eigenvalue weighted by atomic mass is 10.1. The molecule has 0 atom stereocenters. The molecule has 6 nitrogen and oxygen atoms in total. The van der Waals surface area contributed by atoms with Gasteiger partial charge in [-0.3, -0.25) is 4.79 Å². The second-order valence-electron chi connectivity index (χ2n) is 5.88. The fraction of sp³-hybridized carbons (Fsp3) is 0.316. The van der Waals surface area contributed by atoms with E-state index in [2.05, 4.69) is 17.3 Å². The number of amides is 1. The number of hydrogen-bond donors (Lipinski definition) is 1. The predicted octanol–water partition coefficient (Wildman–Crippen LogP) is 2.96. The Labute approximate surface area is 147 Å². The number of nitrogens with one attached hydrogen (secondary N) is 1. The lowest BCUT2D eigenvalue weighted by Crippen LogP contribution is -2.13. The van der Waals surface area contributed by atoms with E-state index >= 15 is 0 Å². The number of ether oxygens (including phenoxy) is 3. The third kappa shape index (κ3) is 3.20. The van der Waals surface area contributed by atoms with Crippen LogP contribution in [0, 0.1) is 0 Å². The molecular formula is C19H22N2O4. The molecule has 132 valence electrons. The van der Waals surface area contributed by atoms with E-state index in [1.54, 1.807) is 12.1 Å². The Bertz CT molecular complexity index is 779. The number of methoxy groups -OCH3 is 3. The van der Waals surface area contributed by atoms with E-state index in [0.29, 0.717) is 22.8 Å². The standard InChI is InChI=1S/C19H22N2O4/c1-21-8-7-12-9-14(5-6-15(12)21)20-19(22)13-10-16(23-2)18(25-4)17(11-13)24-3/h5-6,9-11H,7-8H2,1-4H3,(H,20,22). The molecular weight excluding hydrogens is 320 g/mol. The van der Waals surface area contributed by atoms with Gasteiger partial charge in [-0.25, -0.2) is 0 Å². The summed E-state index contributed by atoms with van der Waals surface area (Å²) in [5, 5.41) is 2.93. The second-order valence-corrected chi connectivity index (χ2v) is 5.88. The number of carbonyl (C=O) groups is 1. The first kappa shape index (κ1) is 17.0. The van der Waals surface area contributed by atoms with Crippen LogP contribution in [0.15, 0.2) is 30.3 Å². The molecule has 0 saturated heterocycles. The van der Waals surface area contributed by atoms with Crippen LogP contribution in [0.1, 0.15) is 15.9 Å². The summed E-state index contributed by atoms with van der Waals surface area (Å²) in [5.41, 5.74) is 3.66. The van der Waals surface area contributed by atoms with E-state index in [-0.39, 0.29) is 5.91 Å². The molecule has 0 fully saturated rings. The van der Waals surface area contributed by atoms with Crippen molar-refractivity contribution in [3.05, 3.63) is 41.5 Å². The van der Waals surface area contributed by atoms with E-state index in [0.717, 1.165) is 18.7 Å². The summed E-state index contributed by atoms with van der Waals surface area (Å²) >= 11 is 0. The van der Waals surface area contributed by atoms with Gasteiger partial charge < -0.3 is 24.4 Å². The Morgan fingerprint density at radius 3 is 2.32 bits per heavy atom. The maximum Gasteiger partial charge on any atom is 0.255 e. The van der Waals surface area contributed by atoms with Gasteiger partial charge in [0.2, 0.25) is 5.75 Å². The van der Waals surface area contributed by atoms with Crippen LogP contribution < -0.4 is 24.4 Å². The van der Waals surface area contributed by atoms with Crippen molar-refractivity contribution in [1.29, 1.82) is 0 Å². The van der Waals surface area contributed by atoms with Crippen LogP contribution in [-0.2, 0) is 6.42 Å². The van der Waals surface area contributed by atoms with E-state index in [1.807, 2.05) is 18.2 Å². The van der Waals surface area contributed by atoms with Gasteiger partial charge in [0.25, 0.3) is 5.91 Å². The molecule has 0 spiro atoms. The van der Waals surface area contributed by atoms with Crippen molar-refractivity contribution in [2.45, 2.75) is 6.42 Å². The third-order valence-electron chi connectivity index (χ3n) is 4.39. The molecule has 25 heavy (non-hydrogen) atoms. The zero-order valence-electron chi connectivity index (χ0n) is 14.9. The van der Waals surface area contributed by atoms with Gasteiger partial charge in [0.15, 0.2) is 11.5 Å². The number of likely N-dealkylation sites (N-methyl/N-ethyl adjacent to an activating group) is 1. The van der Waals surface area contributed by atoms with Gasteiger partial charge >= 0.3 is 0 Å². The third-order valence-corrected chi connectivity index (χ3v) is 4.39. The van der Waals surface area contributed by atoms with Crippen molar-refractivity contribution in [3.63, 3.8) is 0 Å². The zero-order valence-corrected chi connectivity index (χ0v) is 14.9. The van der Waals surface area contributed by atoms with Crippen LogP contribution in [-0.4, -0.2) is 40.8 Å². The fourth-order valence-electron chi connectivity index (χ4n) is 3.06. The molecule has 3 rings (SSSR count). The highest BCUT2D eigenvalue weighted by Gasteiger charge is 2.19. The predicted molar refractivity (Wildman–Crippen MR) is 97.5 cm³/mol. The topological polar surface area (TPSA) is 60.0 Å². The fourth-order valence-corrected chi connectivity index (χ4v) is 3.06. The molecule has 0 radical (unpaired) electrons. The summed E-state index contributed by atoms with van der Waals surface area (Å²) in [4.78, 5) is 14.8. The largest absolute Gasteiger partial charge is 0.493 e. The summed E-state index contributed by atoms with van der Waals surface area (Å²) in [6, 6.07) is 9.24. The molecule has 1 aliphatic heterocycles. The molecule has 0 aromatic heterocycles. The second kappa shape index (κ2) is 6.93. The average Bonchev–Trinajstić information content (AvgIpc) is 3.00. The highest BCUT2D eigenvalue weighted by Crippen LogP contribution is 2.38. The first-order valence-corrected chi connectivity index (χ1v) is 8.02. The van der Waals surface area contributed by atoms with Crippen molar-refractivity contribution in [1.82, 2.24) is 0 Å². The minimum Gasteiger partial charge on any atom is -0.493 e. The van der Waals surface area contributed by atoms with E-state index in [4.69, 9.17) is 14.2 Å². The highest BCUT2D eigenvalue weighted by atomic mass is 16.5. The SMILES string of the molecule is COc1cc(C(=O)Nc2ccc3c(c2)CCN3C)cc(OC)c1OC. The van der Waals surface area contributed by atoms with Crippen LogP contribution in [0.5, 0.6) is 17.2 Å². The monoisotopic (exact) mass is 342 g/mol. The molecule has 6 heteroatoms. The average molecular weight is 342 g/mol. The Hall–Kier alpha value is -2.89. The Morgan fingerprint density at radius 2 is 1.72 bits per heavy atom. The van der Waals surface area contributed by atoms with Gasteiger partial charge in [0.1, 0.15) is 0 Å². The molecule has 2 aromatic carbocycles. The zero-order chi connectivity index (χ0) is 18.0. The van der Waals surface area contributed by atoms with Crippen molar-refractivity contribution in [2.24, 2.45) is 0 Å². The summed E-state index contributed by atoms with van der Waals surface area (Å²) in [5.74, 6) is 1.12. The molecule has 0 unspecified atom stereocenters. The normalized spacial score (nSPS) is 12.6. The Kier molecular flexibility index (Phi) is 4.70. The first-order chi connectivity index (χ1) is 12.1. The summed E-state index contributed by atoms with van der Waals surface area (Å²) < 4.78 is 15.9. The van der Waals surface area contributed by atoms with Gasteiger partial charge in [0, 0.05) is 30.5 Å². The minimum atomic E-state index is -0.231. The minimum absolute atomic E-state index is 0.231. The molecule has 0 bridgehead atoms. The maximum absolute atomic E-state index is 12.6. The van der Waals surface area contributed by atoms with Crippen LogP contribution in [0.2, 0.25) is 0 Å². The van der Waals surface area contributed by atoms with Gasteiger partial charge in [-0.05, 0) is 42.3 Å². The number of carbonyl (C=O) groups excluding carboxylic acids is 1. The molecule has 1 heterocycles. The number of nitrogens with zero attached hydrogens (tertiary/aromatic N) is 1.